The molecule has 0 saturated heterocycles. The summed E-state index contributed by atoms with van der Waals surface area (Å²) < 4.78 is 2.15. The van der Waals surface area contributed by atoms with E-state index in [4.69, 9.17) is 0 Å². The average molecular weight is 416 g/mol. The van der Waals surface area contributed by atoms with Crippen molar-refractivity contribution in [2.75, 3.05) is 5.32 Å². The molecule has 2 nitrogen and oxygen atoms in total. The summed E-state index contributed by atoms with van der Waals surface area (Å²) in [5, 5.41) is 2.87. The summed E-state index contributed by atoms with van der Waals surface area (Å²) in [7, 11) is 0. The Morgan fingerprint density at radius 1 is 1.17 bits per heavy atom. The Hall–Kier alpha value is -0.880. The van der Waals surface area contributed by atoms with Crippen molar-refractivity contribution < 1.29 is 4.79 Å². The summed E-state index contributed by atoms with van der Waals surface area (Å²) in [6, 6.07) is 13.3. The molecule has 1 amide bonds. The van der Waals surface area contributed by atoms with E-state index in [-0.39, 0.29) is 5.91 Å². The second kappa shape index (κ2) is 5.84. The number of aryl methyl sites for hydroxylation is 1. The molecule has 0 radical (unpaired) electrons. The molecule has 2 aromatic carbocycles. The van der Waals surface area contributed by atoms with Crippen molar-refractivity contribution in [3.63, 3.8) is 0 Å². The lowest BCUT2D eigenvalue weighted by molar-refractivity contribution is 0.102. The highest BCUT2D eigenvalue weighted by Gasteiger charge is 2.07. The molecule has 0 fully saturated rings. The monoisotopic (exact) mass is 415 g/mol. The zero-order valence-corrected chi connectivity index (χ0v) is 13.4. The predicted molar refractivity (Wildman–Crippen MR) is 86.0 cm³/mol. The zero-order valence-electron chi connectivity index (χ0n) is 9.71. The molecule has 0 aliphatic carbocycles. The van der Waals surface area contributed by atoms with Crippen LogP contribution in [0.4, 0.5) is 5.69 Å². The van der Waals surface area contributed by atoms with Gasteiger partial charge in [-0.25, -0.2) is 0 Å². The Bertz CT molecular complexity index is 581. The van der Waals surface area contributed by atoms with Crippen molar-refractivity contribution in [3.05, 3.63) is 61.6 Å². The third-order valence-electron chi connectivity index (χ3n) is 2.52. The van der Waals surface area contributed by atoms with Crippen LogP contribution in [-0.2, 0) is 0 Å². The first-order chi connectivity index (χ1) is 8.56. The SMILES string of the molecule is Cc1cc(C(=O)Nc2ccc(I)cc2)ccc1Br. The Morgan fingerprint density at radius 3 is 2.44 bits per heavy atom. The van der Waals surface area contributed by atoms with Gasteiger partial charge in [0.1, 0.15) is 0 Å². The van der Waals surface area contributed by atoms with Gasteiger partial charge in [-0.15, -0.1) is 0 Å². The fraction of sp³-hybridized carbons (Fsp3) is 0.0714. The fourth-order valence-corrected chi connectivity index (χ4v) is 2.13. The van der Waals surface area contributed by atoms with Crippen molar-refractivity contribution in [1.82, 2.24) is 0 Å². The molecule has 18 heavy (non-hydrogen) atoms. The minimum atomic E-state index is -0.0909. The van der Waals surface area contributed by atoms with Crippen LogP contribution in [0.1, 0.15) is 15.9 Å². The molecule has 92 valence electrons. The van der Waals surface area contributed by atoms with Gasteiger partial charge in [-0.05, 0) is 77.5 Å². The van der Waals surface area contributed by atoms with Crippen molar-refractivity contribution in [3.8, 4) is 0 Å². The van der Waals surface area contributed by atoms with Gasteiger partial charge in [-0.3, -0.25) is 4.79 Å². The third-order valence-corrected chi connectivity index (χ3v) is 4.13. The number of carbonyl (C=O) groups excluding carboxylic acids is 1. The summed E-state index contributed by atoms with van der Waals surface area (Å²) >= 11 is 5.65. The molecule has 0 unspecified atom stereocenters. The average Bonchev–Trinajstić information content (AvgIpc) is 2.35. The normalized spacial score (nSPS) is 10.2. The van der Waals surface area contributed by atoms with Gasteiger partial charge >= 0.3 is 0 Å². The number of anilines is 1. The molecule has 0 heterocycles. The summed E-state index contributed by atoms with van der Waals surface area (Å²) in [5.41, 5.74) is 2.51. The van der Waals surface area contributed by atoms with Gasteiger partial charge in [0.15, 0.2) is 0 Å². The van der Waals surface area contributed by atoms with E-state index in [2.05, 4.69) is 43.8 Å². The molecule has 0 spiro atoms. The summed E-state index contributed by atoms with van der Waals surface area (Å²) in [6.45, 7) is 1.96. The molecule has 0 saturated carbocycles. The van der Waals surface area contributed by atoms with Gasteiger partial charge in [0.25, 0.3) is 5.91 Å². The van der Waals surface area contributed by atoms with E-state index in [1.54, 1.807) is 6.07 Å². The van der Waals surface area contributed by atoms with Crippen LogP contribution in [0, 0.1) is 10.5 Å². The molecule has 0 bridgehead atoms. The number of rotatable bonds is 2. The highest BCUT2D eigenvalue weighted by Crippen LogP contribution is 2.18. The summed E-state index contributed by atoms with van der Waals surface area (Å²) in [6.07, 6.45) is 0. The van der Waals surface area contributed by atoms with Crippen LogP contribution in [0.15, 0.2) is 46.9 Å². The molecule has 2 rings (SSSR count). The van der Waals surface area contributed by atoms with E-state index >= 15 is 0 Å². The Labute approximate surface area is 128 Å². The smallest absolute Gasteiger partial charge is 0.255 e. The number of hydrogen-bond acceptors (Lipinski definition) is 1. The fourth-order valence-electron chi connectivity index (χ4n) is 1.52. The standard InChI is InChI=1S/C14H11BrINO/c1-9-8-10(2-7-13(9)15)14(18)17-12-5-3-11(16)4-6-12/h2-8H,1H3,(H,17,18). The quantitative estimate of drug-likeness (QED) is 0.712. The Balaban J connectivity index is 2.16. The van der Waals surface area contributed by atoms with Crippen LogP contribution in [-0.4, -0.2) is 5.91 Å². The lowest BCUT2D eigenvalue weighted by atomic mass is 10.1. The van der Waals surface area contributed by atoms with Crippen molar-refractivity contribution in [2.24, 2.45) is 0 Å². The Kier molecular flexibility index (Phi) is 4.40. The minimum absolute atomic E-state index is 0.0909. The molecule has 2 aromatic rings. The number of nitrogens with one attached hydrogen (secondary N) is 1. The first-order valence-electron chi connectivity index (χ1n) is 5.39. The second-order valence-corrected chi connectivity index (χ2v) is 6.02. The largest absolute Gasteiger partial charge is 0.322 e. The van der Waals surface area contributed by atoms with E-state index in [9.17, 15) is 4.79 Å². The number of halogens is 2. The van der Waals surface area contributed by atoms with Crippen LogP contribution in [0.2, 0.25) is 0 Å². The molecule has 4 heteroatoms. The van der Waals surface area contributed by atoms with Crippen LogP contribution >= 0.6 is 38.5 Å². The van der Waals surface area contributed by atoms with Crippen LogP contribution in [0.3, 0.4) is 0 Å². The highest BCUT2D eigenvalue weighted by molar-refractivity contribution is 14.1. The topological polar surface area (TPSA) is 29.1 Å². The third kappa shape index (κ3) is 3.32. The molecule has 0 aliphatic heterocycles. The van der Waals surface area contributed by atoms with Gasteiger partial charge in [-0.1, -0.05) is 15.9 Å². The Morgan fingerprint density at radius 2 is 1.83 bits per heavy atom. The molecule has 0 atom stereocenters. The number of amides is 1. The van der Waals surface area contributed by atoms with Gasteiger partial charge in [0.05, 0.1) is 0 Å². The molecule has 0 aromatic heterocycles. The van der Waals surface area contributed by atoms with E-state index in [0.717, 1.165) is 19.3 Å². The lowest BCUT2D eigenvalue weighted by Crippen LogP contribution is -2.11. The highest BCUT2D eigenvalue weighted by atomic mass is 127. The lowest BCUT2D eigenvalue weighted by Gasteiger charge is -2.06. The number of carbonyl (C=O) groups is 1. The van der Waals surface area contributed by atoms with E-state index in [1.165, 1.54) is 0 Å². The first-order valence-corrected chi connectivity index (χ1v) is 7.26. The van der Waals surface area contributed by atoms with Crippen LogP contribution in [0.5, 0.6) is 0 Å². The molecular formula is C14H11BrINO. The first kappa shape index (κ1) is 13.5. The van der Waals surface area contributed by atoms with E-state index in [1.807, 2.05) is 43.3 Å². The maximum Gasteiger partial charge on any atom is 0.255 e. The maximum atomic E-state index is 12.0. The molecular weight excluding hydrogens is 405 g/mol. The second-order valence-electron chi connectivity index (χ2n) is 3.92. The number of hydrogen-bond donors (Lipinski definition) is 1. The summed E-state index contributed by atoms with van der Waals surface area (Å²) in [4.78, 5) is 12.0. The minimum Gasteiger partial charge on any atom is -0.322 e. The van der Waals surface area contributed by atoms with Gasteiger partial charge in [-0.2, -0.15) is 0 Å². The number of benzene rings is 2. The van der Waals surface area contributed by atoms with Crippen LogP contribution < -0.4 is 5.32 Å². The van der Waals surface area contributed by atoms with Gasteiger partial charge in [0, 0.05) is 19.3 Å². The van der Waals surface area contributed by atoms with E-state index < -0.39 is 0 Å². The maximum absolute atomic E-state index is 12.0. The van der Waals surface area contributed by atoms with Crippen molar-refractivity contribution >= 4 is 50.1 Å². The zero-order chi connectivity index (χ0) is 13.1. The summed E-state index contributed by atoms with van der Waals surface area (Å²) in [5.74, 6) is -0.0909. The van der Waals surface area contributed by atoms with Crippen molar-refractivity contribution in [2.45, 2.75) is 6.92 Å². The van der Waals surface area contributed by atoms with Gasteiger partial charge < -0.3 is 5.32 Å². The van der Waals surface area contributed by atoms with Crippen molar-refractivity contribution in [1.29, 1.82) is 0 Å². The predicted octanol–water partition coefficient (Wildman–Crippen LogP) is 4.61. The molecule has 0 aliphatic rings. The van der Waals surface area contributed by atoms with E-state index in [0.29, 0.717) is 5.56 Å². The molecule has 1 N–H and O–H groups in total. The van der Waals surface area contributed by atoms with Gasteiger partial charge in [0.2, 0.25) is 0 Å². The van der Waals surface area contributed by atoms with Crippen LogP contribution in [0.25, 0.3) is 0 Å².